The largest absolute Gasteiger partial charge is 0.372 e. The predicted octanol–water partition coefficient (Wildman–Crippen LogP) is 3.12. The second-order valence-electron chi connectivity index (χ2n) is 7.23. The summed E-state index contributed by atoms with van der Waals surface area (Å²) in [4.78, 5) is 23.3. The first kappa shape index (κ1) is 18.0. The van der Waals surface area contributed by atoms with Crippen molar-refractivity contribution in [3.63, 3.8) is 0 Å². The Morgan fingerprint density at radius 1 is 1.28 bits per heavy atom. The number of anilines is 1. The summed E-state index contributed by atoms with van der Waals surface area (Å²) in [6, 6.07) is 0. The third-order valence-electron chi connectivity index (χ3n) is 5.39. The highest BCUT2D eigenvalue weighted by atomic mass is 19.3. The fourth-order valence-electron chi connectivity index (χ4n) is 3.98. The van der Waals surface area contributed by atoms with Crippen molar-refractivity contribution in [2.45, 2.75) is 50.9 Å². The molecule has 1 atom stereocenters. The number of halogens is 2. The van der Waals surface area contributed by atoms with Crippen molar-refractivity contribution < 1.29 is 13.6 Å². The molecule has 1 amide bonds. The first-order valence-electron chi connectivity index (χ1n) is 9.13. The molecule has 1 aromatic heterocycles. The van der Waals surface area contributed by atoms with Crippen LogP contribution in [0.15, 0.2) is 12.4 Å². The number of likely N-dealkylation sites (tertiary alicyclic amines) is 1. The van der Waals surface area contributed by atoms with E-state index in [-0.39, 0.29) is 24.7 Å². The number of piperidine rings is 1. The second kappa shape index (κ2) is 7.62. The summed E-state index contributed by atoms with van der Waals surface area (Å²) in [5, 5.41) is 3.05. The van der Waals surface area contributed by atoms with E-state index >= 15 is 0 Å². The minimum absolute atomic E-state index is 0.0631. The Labute approximate surface area is 147 Å². The van der Waals surface area contributed by atoms with Gasteiger partial charge in [0, 0.05) is 51.3 Å². The Bertz CT molecular complexity index is 600. The van der Waals surface area contributed by atoms with E-state index in [4.69, 9.17) is 0 Å². The molecular weight excluding hydrogens is 326 g/mol. The van der Waals surface area contributed by atoms with E-state index in [2.05, 4.69) is 15.3 Å². The quantitative estimate of drug-likeness (QED) is 0.904. The number of aromatic nitrogens is 2. The SMILES string of the molecule is CNc1nccnc1CC1CCCN(C(=O)C2CCC(F)(F)CC2)C1. The Morgan fingerprint density at radius 3 is 2.72 bits per heavy atom. The van der Waals surface area contributed by atoms with E-state index < -0.39 is 5.92 Å². The van der Waals surface area contributed by atoms with Crippen LogP contribution in [0.1, 0.15) is 44.2 Å². The summed E-state index contributed by atoms with van der Waals surface area (Å²) in [6.45, 7) is 1.42. The van der Waals surface area contributed by atoms with E-state index in [9.17, 15) is 13.6 Å². The predicted molar refractivity (Wildman–Crippen MR) is 91.5 cm³/mol. The van der Waals surface area contributed by atoms with E-state index in [1.165, 1.54) is 0 Å². The van der Waals surface area contributed by atoms with Crippen molar-refractivity contribution >= 4 is 11.7 Å². The number of nitrogens with zero attached hydrogens (tertiary/aromatic N) is 3. The highest BCUT2D eigenvalue weighted by molar-refractivity contribution is 5.79. The number of nitrogens with one attached hydrogen (secondary N) is 1. The van der Waals surface area contributed by atoms with E-state index in [0.29, 0.717) is 25.3 Å². The Balaban J connectivity index is 1.58. The third kappa shape index (κ3) is 4.44. The molecule has 3 rings (SSSR count). The molecule has 0 aromatic carbocycles. The monoisotopic (exact) mass is 352 g/mol. The second-order valence-corrected chi connectivity index (χ2v) is 7.23. The van der Waals surface area contributed by atoms with Gasteiger partial charge in [-0.2, -0.15) is 0 Å². The highest BCUT2D eigenvalue weighted by Crippen LogP contribution is 2.37. The fourth-order valence-corrected chi connectivity index (χ4v) is 3.98. The smallest absolute Gasteiger partial charge is 0.248 e. The average Bonchev–Trinajstić information content (AvgIpc) is 2.62. The van der Waals surface area contributed by atoms with Gasteiger partial charge in [-0.1, -0.05) is 0 Å². The Morgan fingerprint density at radius 2 is 2.00 bits per heavy atom. The van der Waals surface area contributed by atoms with Crippen molar-refractivity contribution in [3.05, 3.63) is 18.1 Å². The summed E-state index contributed by atoms with van der Waals surface area (Å²) in [5.74, 6) is -1.64. The van der Waals surface area contributed by atoms with Gasteiger partial charge in [0.1, 0.15) is 5.82 Å². The van der Waals surface area contributed by atoms with Crippen LogP contribution < -0.4 is 5.32 Å². The third-order valence-corrected chi connectivity index (χ3v) is 5.39. The van der Waals surface area contributed by atoms with Gasteiger partial charge >= 0.3 is 0 Å². The van der Waals surface area contributed by atoms with Crippen LogP contribution in [0.3, 0.4) is 0 Å². The molecular formula is C18H26F2N4O. The van der Waals surface area contributed by atoms with Crippen LogP contribution in [0.5, 0.6) is 0 Å². The molecule has 2 aliphatic rings. The van der Waals surface area contributed by atoms with Crippen LogP contribution >= 0.6 is 0 Å². The van der Waals surface area contributed by atoms with Crippen LogP contribution in [0.4, 0.5) is 14.6 Å². The van der Waals surface area contributed by atoms with Gasteiger partial charge in [0.2, 0.25) is 11.8 Å². The molecule has 0 spiro atoms. The summed E-state index contributed by atoms with van der Waals surface area (Å²) in [7, 11) is 1.82. The number of hydrogen-bond donors (Lipinski definition) is 1. The minimum atomic E-state index is -2.59. The van der Waals surface area contributed by atoms with Gasteiger partial charge in [-0.25, -0.2) is 13.8 Å². The topological polar surface area (TPSA) is 58.1 Å². The van der Waals surface area contributed by atoms with Gasteiger partial charge in [-0.05, 0) is 38.0 Å². The molecule has 138 valence electrons. The molecule has 1 saturated carbocycles. The maximum atomic E-state index is 13.3. The average molecular weight is 352 g/mol. The first-order chi connectivity index (χ1) is 12.0. The van der Waals surface area contributed by atoms with Crippen LogP contribution in [0.2, 0.25) is 0 Å². The molecule has 0 bridgehead atoms. The van der Waals surface area contributed by atoms with Gasteiger partial charge in [-0.15, -0.1) is 0 Å². The number of hydrogen-bond acceptors (Lipinski definition) is 4. The van der Waals surface area contributed by atoms with Gasteiger partial charge < -0.3 is 10.2 Å². The summed E-state index contributed by atoms with van der Waals surface area (Å²) in [5.41, 5.74) is 0.918. The zero-order valence-corrected chi connectivity index (χ0v) is 14.7. The van der Waals surface area contributed by atoms with Gasteiger partial charge in [0.15, 0.2) is 0 Å². The molecule has 1 aromatic rings. The fraction of sp³-hybridized carbons (Fsp3) is 0.722. The first-order valence-corrected chi connectivity index (χ1v) is 9.13. The number of carbonyl (C=O) groups excluding carboxylic acids is 1. The molecule has 1 unspecified atom stereocenters. The lowest BCUT2D eigenvalue weighted by molar-refractivity contribution is -0.141. The van der Waals surface area contributed by atoms with Crippen LogP contribution in [0.25, 0.3) is 0 Å². The lowest BCUT2D eigenvalue weighted by Crippen LogP contribution is -2.45. The molecule has 1 saturated heterocycles. The van der Waals surface area contributed by atoms with Crippen LogP contribution in [-0.2, 0) is 11.2 Å². The minimum Gasteiger partial charge on any atom is -0.372 e. The zero-order chi connectivity index (χ0) is 17.9. The number of rotatable bonds is 4. The van der Waals surface area contributed by atoms with Crippen LogP contribution in [0, 0.1) is 11.8 Å². The Kier molecular flexibility index (Phi) is 5.49. The molecule has 7 heteroatoms. The molecule has 1 N–H and O–H groups in total. The molecule has 2 heterocycles. The van der Waals surface area contributed by atoms with Gasteiger partial charge in [-0.3, -0.25) is 9.78 Å². The highest BCUT2D eigenvalue weighted by Gasteiger charge is 2.39. The van der Waals surface area contributed by atoms with Crippen molar-refractivity contribution in [3.8, 4) is 0 Å². The van der Waals surface area contributed by atoms with Gasteiger partial charge in [0.25, 0.3) is 0 Å². The Hall–Kier alpha value is -1.79. The molecule has 2 fully saturated rings. The number of alkyl halides is 2. The lowest BCUT2D eigenvalue weighted by atomic mass is 9.84. The normalized spacial score (nSPS) is 24.1. The lowest BCUT2D eigenvalue weighted by Gasteiger charge is -2.37. The standard InChI is InChI=1S/C18H26F2N4O/c1-21-16-15(22-8-9-23-16)11-13-3-2-10-24(12-13)17(25)14-4-6-18(19,20)7-5-14/h8-9,13-14H,2-7,10-12H2,1H3,(H,21,23). The maximum absolute atomic E-state index is 13.3. The maximum Gasteiger partial charge on any atom is 0.248 e. The number of amides is 1. The zero-order valence-electron chi connectivity index (χ0n) is 14.7. The van der Waals surface area contributed by atoms with Crippen molar-refractivity contribution in [2.75, 3.05) is 25.5 Å². The summed E-state index contributed by atoms with van der Waals surface area (Å²) >= 11 is 0. The molecule has 0 radical (unpaired) electrons. The summed E-state index contributed by atoms with van der Waals surface area (Å²) in [6.07, 6.45) is 6.41. The van der Waals surface area contributed by atoms with Crippen molar-refractivity contribution in [1.82, 2.24) is 14.9 Å². The van der Waals surface area contributed by atoms with Crippen molar-refractivity contribution in [1.29, 1.82) is 0 Å². The van der Waals surface area contributed by atoms with E-state index in [1.807, 2.05) is 11.9 Å². The van der Waals surface area contributed by atoms with Gasteiger partial charge in [0.05, 0.1) is 5.69 Å². The molecule has 25 heavy (non-hydrogen) atoms. The number of carbonyl (C=O) groups is 1. The molecule has 1 aliphatic heterocycles. The van der Waals surface area contributed by atoms with Crippen molar-refractivity contribution in [2.24, 2.45) is 11.8 Å². The van der Waals surface area contributed by atoms with E-state index in [0.717, 1.165) is 37.3 Å². The van der Waals surface area contributed by atoms with E-state index in [1.54, 1.807) is 12.4 Å². The molecule has 5 nitrogen and oxygen atoms in total. The summed E-state index contributed by atoms with van der Waals surface area (Å²) < 4.78 is 26.6. The van der Waals surface area contributed by atoms with Crippen LogP contribution in [-0.4, -0.2) is 46.8 Å². The molecule has 1 aliphatic carbocycles.